The maximum Gasteiger partial charge on any atom is 0.261 e. The highest BCUT2D eigenvalue weighted by atomic mass is 32.2. The smallest absolute Gasteiger partial charge is 0.261 e. The molecule has 1 aliphatic heterocycles. The Morgan fingerprint density at radius 1 is 1.12 bits per heavy atom. The molecule has 0 saturated heterocycles. The first-order valence-electron chi connectivity index (χ1n) is 8.88. The number of fused-ring (bicyclic) bond motifs is 1. The maximum absolute atomic E-state index is 12.3. The number of nitrogens with zero attached hydrogens (tertiary/aromatic N) is 2. The van der Waals surface area contributed by atoms with Crippen LogP contribution in [0.5, 0.6) is 0 Å². The molecule has 0 aromatic heterocycles. The van der Waals surface area contributed by atoms with Crippen molar-refractivity contribution < 1.29 is 14.4 Å². The molecule has 5 nitrogen and oxygen atoms in total. The van der Waals surface area contributed by atoms with Gasteiger partial charge in [-0.05, 0) is 25.0 Å². The average molecular weight is 360 g/mol. The lowest BCUT2D eigenvalue weighted by Gasteiger charge is -2.31. The van der Waals surface area contributed by atoms with Crippen molar-refractivity contribution in [3.05, 3.63) is 35.4 Å². The van der Waals surface area contributed by atoms with Gasteiger partial charge in [-0.1, -0.05) is 31.4 Å². The minimum atomic E-state index is -0.230. The molecule has 2 aliphatic rings. The van der Waals surface area contributed by atoms with Crippen molar-refractivity contribution in [1.29, 1.82) is 0 Å². The molecule has 0 radical (unpaired) electrons. The van der Waals surface area contributed by atoms with Crippen molar-refractivity contribution >= 4 is 29.5 Å². The molecule has 25 heavy (non-hydrogen) atoms. The number of thioether (sulfide) groups is 1. The highest BCUT2D eigenvalue weighted by molar-refractivity contribution is 7.99. The van der Waals surface area contributed by atoms with Crippen molar-refractivity contribution in [1.82, 2.24) is 9.80 Å². The van der Waals surface area contributed by atoms with Crippen LogP contribution in [-0.2, 0) is 4.79 Å². The van der Waals surface area contributed by atoms with E-state index in [1.54, 1.807) is 24.3 Å². The molecule has 6 heteroatoms. The second-order valence-electron chi connectivity index (χ2n) is 6.66. The van der Waals surface area contributed by atoms with E-state index in [0.29, 0.717) is 35.2 Å². The van der Waals surface area contributed by atoms with E-state index in [2.05, 4.69) is 0 Å². The average Bonchev–Trinajstić information content (AvgIpc) is 2.90. The second-order valence-corrected chi connectivity index (χ2v) is 7.76. The Morgan fingerprint density at radius 3 is 2.32 bits per heavy atom. The summed E-state index contributed by atoms with van der Waals surface area (Å²) in [6.07, 6.45) is 5.88. The van der Waals surface area contributed by atoms with Gasteiger partial charge in [-0.15, -0.1) is 0 Å². The van der Waals surface area contributed by atoms with E-state index in [0.717, 1.165) is 12.8 Å². The lowest BCUT2D eigenvalue weighted by molar-refractivity contribution is -0.129. The van der Waals surface area contributed by atoms with Gasteiger partial charge in [-0.3, -0.25) is 19.3 Å². The van der Waals surface area contributed by atoms with Crippen LogP contribution in [-0.4, -0.2) is 58.7 Å². The summed E-state index contributed by atoms with van der Waals surface area (Å²) in [7, 11) is 1.89. The largest absolute Gasteiger partial charge is 0.342 e. The fourth-order valence-electron chi connectivity index (χ4n) is 3.53. The molecule has 3 rings (SSSR count). The predicted octanol–water partition coefficient (Wildman–Crippen LogP) is 2.81. The maximum atomic E-state index is 12.3. The highest BCUT2D eigenvalue weighted by Crippen LogP contribution is 2.24. The molecular formula is C19H24N2O3S. The molecule has 0 bridgehead atoms. The monoisotopic (exact) mass is 360 g/mol. The molecule has 0 spiro atoms. The molecule has 0 atom stereocenters. The van der Waals surface area contributed by atoms with Crippen LogP contribution in [0.1, 0.15) is 52.8 Å². The Hall–Kier alpha value is -1.82. The van der Waals surface area contributed by atoms with E-state index in [1.165, 1.54) is 35.9 Å². The molecule has 3 amide bonds. The summed E-state index contributed by atoms with van der Waals surface area (Å²) in [6.45, 7) is 0.345. The second kappa shape index (κ2) is 8.04. The Balaban J connectivity index is 1.44. The van der Waals surface area contributed by atoms with Gasteiger partial charge in [0.2, 0.25) is 5.91 Å². The molecule has 134 valence electrons. The van der Waals surface area contributed by atoms with Crippen LogP contribution in [0, 0.1) is 0 Å². The van der Waals surface area contributed by atoms with Gasteiger partial charge in [-0.2, -0.15) is 11.8 Å². The molecule has 1 saturated carbocycles. The van der Waals surface area contributed by atoms with Crippen LogP contribution in [0.4, 0.5) is 0 Å². The van der Waals surface area contributed by atoms with Crippen molar-refractivity contribution in [2.24, 2.45) is 0 Å². The van der Waals surface area contributed by atoms with Gasteiger partial charge in [0.15, 0.2) is 0 Å². The van der Waals surface area contributed by atoms with Gasteiger partial charge in [0.1, 0.15) is 0 Å². The van der Waals surface area contributed by atoms with E-state index >= 15 is 0 Å². The molecular weight excluding hydrogens is 336 g/mol. The fourth-order valence-corrected chi connectivity index (χ4v) is 4.37. The Labute approximate surface area is 152 Å². The number of rotatable bonds is 6. The van der Waals surface area contributed by atoms with Gasteiger partial charge < -0.3 is 4.90 Å². The van der Waals surface area contributed by atoms with E-state index < -0.39 is 0 Å². The lowest BCUT2D eigenvalue weighted by atomic mass is 9.94. The summed E-state index contributed by atoms with van der Waals surface area (Å²) < 4.78 is 0. The van der Waals surface area contributed by atoms with Crippen molar-refractivity contribution in [3.8, 4) is 0 Å². The third-order valence-corrected chi connectivity index (χ3v) is 6.00. The van der Waals surface area contributed by atoms with E-state index in [4.69, 9.17) is 0 Å². The van der Waals surface area contributed by atoms with Gasteiger partial charge in [0, 0.05) is 25.4 Å². The SMILES string of the molecule is CN(C(=O)CSCCN1C(=O)c2ccccc2C1=O)C1CCCCC1. The standard InChI is InChI=1S/C19H24N2O3S/c1-20(14-7-3-2-4-8-14)17(22)13-25-12-11-21-18(23)15-9-5-6-10-16(15)19(21)24/h5-6,9-10,14H,2-4,7-8,11-13H2,1H3. The summed E-state index contributed by atoms with van der Waals surface area (Å²) in [5.41, 5.74) is 0.955. The quantitative estimate of drug-likeness (QED) is 0.578. The summed E-state index contributed by atoms with van der Waals surface area (Å²) in [4.78, 5) is 40.0. The number of carbonyl (C=O) groups excluding carboxylic acids is 3. The molecule has 1 aromatic rings. The van der Waals surface area contributed by atoms with Crippen LogP contribution in [0.25, 0.3) is 0 Å². The zero-order chi connectivity index (χ0) is 17.8. The number of amides is 3. The van der Waals surface area contributed by atoms with Crippen molar-refractivity contribution in [2.45, 2.75) is 38.1 Å². The third kappa shape index (κ3) is 3.89. The summed E-state index contributed by atoms with van der Waals surface area (Å²) in [5, 5.41) is 0. The Morgan fingerprint density at radius 2 is 1.72 bits per heavy atom. The minimum absolute atomic E-state index is 0.138. The highest BCUT2D eigenvalue weighted by Gasteiger charge is 2.34. The first-order valence-corrected chi connectivity index (χ1v) is 10.0. The summed E-state index contributed by atoms with van der Waals surface area (Å²) in [6, 6.07) is 7.28. The third-order valence-electron chi connectivity index (χ3n) is 5.08. The van der Waals surface area contributed by atoms with Crippen molar-refractivity contribution in [2.75, 3.05) is 25.1 Å². The van der Waals surface area contributed by atoms with Crippen LogP contribution in [0.15, 0.2) is 24.3 Å². The number of hydrogen-bond donors (Lipinski definition) is 0. The molecule has 0 N–H and O–H groups in total. The van der Waals surface area contributed by atoms with Gasteiger partial charge in [0.05, 0.1) is 16.9 Å². The van der Waals surface area contributed by atoms with E-state index in [1.807, 2.05) is 11.9 Å². The molecule has 1 aromatic carbocycles. The van der Waals surface area contributed by atoms with Gasteiger partial charge in [0.25, 0.3) is 11.8 Å². The Bertz CT molecular complexity index is 635. The van der Waals surface area contributed by atoms with E-state index in [9.17, 15) is 14.4 Å². The fraction of sp³-hybridized carbons (Fsp3) is 0.526. The molecule has 1 heterocycles. The molecule has 0 unspecified atom stereocenters. The van der Waals surface area contributed by atoms with Crippen LogP contribution in [0.2, 0.25) is 0 Å². The molecule has 1 aliphatic carbocycles. The van der Waals surface area contributed by atoms with Crippen LogP contribution >= 0.6 is 11.8 Å². The zero-order valence-electron chi connectivity index (χ0n) is 14.6. The topological polar surface area (TPSA) is 57.7 Å². The van der Waals surface area contributed by atoms with Crippen molar-refractivity contribution in [3.63, 3.8) is 0 Å². The van der Waals surface area contributed by atoms with Gasteiger partial charge in [-0.25, -0.2) is 0 Å². The predicted molar refractivity (Wildman–Crippen MR) is 98.8 cm³/mol. The summed E-state index contributed by atoms with van der Waals surface area (Å²) in [5.74, 6) is 0.657. The number of carbonyl (C=O) groups is 3. The van der Waals surface area contributed by atoms with E-state index in [-0.39, 0.29) is 17.7 Å². The number of benzene rings is 1. The Kier molecular flexibility index (Phi) is 5.78. The first kappa shape index (κ1) is 18.0. The number of imide groups is 1. The molecule has 1 fully saturated rings. The minimum Gasteiger partial charge on any atom is -0.342 e. The summed E-state index contributed by atoms with van der Waals surface area (Å²) >= 11 is 1.49. The normalized spacial score (nSPS) is 17.7. The van der Waals surface area contributed by atoms with Crippen LogP contribution < -0.4 is 0 Å². The zero-order valence-corrected chi connectivity index (χ0v) is 15.4. The van der Waals surface area contributed by atoms with Gasteiger partial charge >= 0.3 is 0 Å². The van der Waals surface area contributed by atoms with Crippen LogP contribution in [0.3, 0.4) is 0 Å². The number of hydrogen-bond acceptors (Lipinski definition) is 4. The lowest BCUT2D eigenvalue weighted by Crippen LogP contribution is -2.39. The first-order chi connectivity index (χ1) is 12.1.